The van der Waals surface area contributed by atoms with Gasteiger partial charge in [0.1, 0.15) is 0 Å². The third-order valence-corrected chi connectivity index (χ3v) is 6.18. The van der Waals surface area contributed by atoms with Crippen molar-refractivity contribution < 1.29 is 4.79 Å². The summed E-state index contributed by atoms with van der Waals surface area (Å²) in [6, 6.07) is 0.456. The summed E-state index contributed by atoms with van der Waals surface area (Å²) in [4.78, 5) is 12.9. The molecule has 0 unspecified atom stereocenters. The summed E-state index contributed by atoms with van der Waals surface area (Å²) in [5.41, 5.74) is 0. The molecule has 0 spiro atoms. The number of rotatable bonds is 2. The van der Waals surface area contributed by atoms with Crippen LogP contribution in [0.15, 0.2) is 0 Å². The summed E-state index contributed by atoms with van der Waals surface area (Å²) >= 11 is 0. The Labute approximate surface area is 150 Å². The van der Waals surface area contributed by atoms with E-state index in [1.54, 1.807) is 0 Å². The second kappa shape index (κ2) is 12.8. The van der Waals surface area contributed by atoms with Crippen molar-refractivity contribution in [2.24, 2.45) is 5.92 Å². The molecular formula is C22H41NO. The van der Waals surface area contributed by atoms with Gasteiger partial charge in [0.25, 0.3) is 0 Å². The fourth-order valence-corrected chi connectivity index (χ4v) is 4.52. The number of nitrogens with one attached hydrogen (secondary N) is 1. The van der Waals surface area contributed by atoms with Crippen LogP contribution in [0.1, 0.15) is 122 Å². The van der Waals surface area contributed by atoms with E-state index in [1.807, 2.05) is 0 Å². The molecule has 1 amide bonds. The summed E-state index contributed by atoms with van der Waals surface area (Å²) in [5.74, 6) is 0.674. The smallest absolute Gasteiger partial charge is 0.223 e. The summed E-state index contributed by atoms with van der Waals surface area (Å²) < 4.78 is 0. The van der Waals surface area contributed by atoms with Crippen molar-refractivity contribution in [2.75, 3.05) is 0 Å². The van der Waals surface area contributed by atoms with Crippen molar-refractivity contribution in [3.05, 3.63) is 0 Å². The lowest BCUT2D eigenvalue weighted by molar-refractivity contribution is -0.126. The van der Waals surface area contributed by atoms with E-state index in [0.717, 1.165) is 12.8 Å². The van der Waals surface area contributed by atoms with Crippen molar-refractivity contribution in [1.82, 2.24) is 5.32 Å². The van der Waals surface area contributed by atoms with Gasteiger partial charge in [-0.05, 0) is 25.7 Å². The molecule has 1 N–H and O–H groups in total. The topological polar surface area (TPSA) is 29.1 Å². The van der Waals surface area contributed by atoms with Gasteiger partial charge < -0.3 is 5.32 Å². The molecule has 2 aliphatic rings. The first-order valence-electron chi connectivity index (χ1n) is 11.2. The number of carbonyl (C=O) groups is 1. The second-order valence-electron chi connectivity index (χ2n) is 8.36. The van der Waals surface area contributed by atoms with Gasteiger partial charge >= 0.3 is 0 Å². The van der Waals surface area contributed by atoms with Crippen molar-refractivity contribution >= 4 is 5.91 Å². The van der Waals surface area contributed by atoms with Crippen LogP contribution in [0.4, 0.5) is 0 Å². The monoisotopic (exact) mass is 335 g/mol. The number of amides is 1. The molecule has 0 aromatic carbocycles. The van der Waals surface area contributed by atoms with Crippen molar-refractivity contribution in [1.29, 1.82) is 0 Å². The van der Waals surface area contributed by atoms with Crippen LogP contribution < -0.4 is 5.32 Å². The zero-order valence-electron chi connectivity index (χ0n) is 16.0. The van der Waals surface area contributed by atoms with Crippen LogP contribution in [0.25, 0.3) is 0 Å². The molecule has 0 radical (unpaired) electrons. The van der Waals surface area contributed by atoms with E-state index in [9.17, 15) is 4.79 Å². The van der Waals surface area contributed by atoms with Gasteiger partial charge in [0.2, 0.25) is 5.91 Å². The minimum absolute atomic E-state index is 0.289. The molecule has 2 rings (SSSR count). The van der Waals surface area contributed by atoms with E-state index in [0.29, 0.717) is 11.9 Å². The van der Waals surface area contributed by atoms with Crippen LogP contribution in [-0.2, 0) is 4.79 Å². The van der Waals surface area contributed by atoms with Gasteiger partial charge in [-0.3, -0.25) is 4.79 Å². The summed E-state index contributed by atoms with van der Waals surface area (Å²) in [6.45, 7) is 0. The highest BCUT2D eigenvalue weighted by atomic mass is 16.1. The number of carbonyl (C=O) groups excluding carboxylic acids is 1. The van der Waals surface area contributed by atoms with Crippen LogP contribution in [-0.4, -0.2) is 11.9 Å². The number of hydrogen-bond acceptors (Lipinski definition) is 1. The normalized spacial score (nSPS) is 24.7. The predicted octanol–water partition coefficient (Wildman–Crippen LogP) is 6.53. The van der Waals surface area contributed by atoms with Gasteiger partial charge in [0.05, 0.1) is 0 Å². The predicted molar refractivity (Wildman–Crippen MR) is 103 cm³/mol. The van der Waals surface area contributed by atoms with Gasteiger partial charge in [0, 0.05) is 12.0 Å². The van der Waals surface area contributed by atoms with Gasteiger partial charge in [-0.2, -0.15) is 0 Å². The molecular weight excluding hydrogens is 294 g/mol. The zero-order valence-corrected chi connectivity index (χ0v) is 16.0. The van der Waals surface area contributed by atoms with Gasteiger partial charge in [-0.25, -0.2) is 0 Å². The first-order valence-corrected chi connectivity index (χ1v) is 11.2. The summed E-state index contributed by atoms with van der Waals surface area (Å²) in [7, 11) is 0. The molecule has 140 valence electrons. The van der Waals surface area contributed by atoms with E-state index < -0.39 is 0 Å². The van der Waals surface area contributed by atoms with E-state index in [1.165, 1.54) is 109 Å². The Balaban J connectivity index is 1.79. The minimum atomic E-state index is 0.289. The molecule has 0 aliphatic heterocycles. The van der Waals surface area contributed by atoms with Crippen LogP contribution in [0.3, 0.4) is 0 Å². The largest absolute Gasteiger partial charge is 0.353 e. The molecule has 0 aromatic heterocycles. The number of hydrogen-bond donors (Lipinski definition) is 1. The molecule has 0 aromatic rings. The fraction of sp³-hybridized carbons (Fsp3) is 0.955. The maximum atomic E-state index is 12.9. The summed E-state index contributed by atoms with van der Waals surface area (Å²) in [6.07, 6.45) is 24.9. The Hall–Kier alpha value is -0.530. The molecule has 24 heavy (non-hydrogen) atoms. The highest BCUT2D eigenvalue weighted by molar-refractivity contribution is 5.78. The molecule has 0 bridgehead atoms. The lowest BCUT2D eigenvalue weighted by atomic mass is 9.91. The van der Waals surface area contributed by atoms with E-state index >= 15 is 0 Å². The first kappa shape index (κ1) is 19.8. The highest BCUT2D eigenvalue weighted by Gasteiger charge is 2.21. The Kier molecular flexibility index (Phi) is 10.5. The fourth-order valence-electron chi connectivity index (χ4n) is 4.52. The Morgan fingerprint density at radius 2 is 0.833 bits per heavy atom. The molecule has 2 heteroatoms. The Morgan fingerprint density at radius 1 is 0.500 bits per heavy atom. The first-order chi connectivity index (χ1) is 11.9. The Bertz CT molecular complexity index is 306. The van der Waals surface area contributed by atoms with Crippen LogP contribution in [0, 0.1) is 5.92 Å². The molecule has 2 saturated carbocycles. The lowest BCUT2D eigenvalue weighted by Crippen LogP contribution is -2.39. The van der Waals surface area contributed by atoms with Gasteiger partial charge in [0.15, 0.2) is 0 Å². The molecule has 0 heterocycles. The van der Waals surface area contributed by atoms with Gasteiger partial charge in [-0.1, -0.05) is 96.3 Å². The van der Waals surface area contributed by atoms with E-state index in [2.05, 4.69) is 5.32 Å². The van der Waals surface area contributed by atoms with Crippen molar-refractivity contribution in [2.45, 2.75) is 128 Å². The lowest BCUT2D eigenvalue weighted by Gasteiger charge is -2.23. The average Bonchev–Trinajstić information content (AvgIpc) is 2.69. The Morgan fingerprint density at radius 3 is 1.25 bits per heavy atom. The van der Waals surface area contributed by atoms with Crippen LogP contribution in [0.5, 0.6) is 0 Å². The molecule has 0 saturated heterocycles. The maximum Gasteiger partial charge on any atom is 0.223 e. The maximum absolute atomic E-state index is 12.9. The summed E-state index contributed by atoms with van der Waals surface area (Å²) in [5, 5.41) is 3.46. The van der Waals surface area contributed by atoms with E-state index in [4.69, 9.17) is 0 Å². The van der Waals surface area contributed by atoms with Crippen molar-refractivity contribution in [3.63, 3.8) is 0 Å². The quantitative estimate of drug-likeness (QED) is 0.611. The van der Waals surface area contributed by atoms with Gasteiger partial charge in [-0.15, -0.1) is 0 Å². The highest BCUT2D eigenvalue weighted by Crippen LogP contribution is 2.23. The third-order valence-electron chi connectivity index (χ3n) is 6.18. The SMILES string of the molecule is O=C(NC1CCCCCCCC1)C1CCCCCCCCCCC1. The third kappa shape index (κ3) is 8.53. The molecule has 2 fully saturated rings. The second-order valence-corrected chi connectivity index (χ2v) is 8.36. The van der Waals surface area contributed by atoms with Crippen LogP contribution >= 0.6 is 0 Å². The van der Waals surface area contributed by atoms with Crippen molar-refractivity contribution in [3.8, 4) is 0 Å². The molecule has 2 aliphatic carbocycles. The zero-order chi connectivity index (χ0) is 16.9. The minimum Gasteiger partial charge on any atom is -0.353 e. The standard InChI is InChI=1S/C22H41NO/c24-22(23-21-18-14-10-6-7-11-15-19-21)20-16-12-8-4-2-1-3-5-9-13-17-20/h20-21H,1-19H2,(H,23,24). The van der Waals surface area contributed by atoms with Crippen LogP contribution in [0.2, 0.25) is 0 Å². The average molecular weight is 336 g/mol. The van der Waals surface area contributed by atoms with E-state index in [-0.39, 0.29) is 5.92 Å². The molecule has 0 atom stereocenters. The molecule has 2 nitrogen and oxygen atoms in total.